The first kappa shape index (κ1) is 37.3. The Balaban J connectivity index is -0.000000407. The predicted molar refractivity (Wildman–Crippen MR) is 136 cm³/mol. The quantitative estimate of drug-likeness (QED) is 0.136. The molecule has 0 radical (unpaired) electrons. The highest BCUT2D eigenvalue weighted by Gasteiger charge is 2.24. The average molecular weight is 515 g/mol. The Morgan fingerprint density at radius 2 is 1.36 bits per heavy atom. The molecule has 1 fully saturated rings. The van der Waals surface area contributed by atoms with Gasteiger partial charge < -0.3 is 28.8 Å². The van der Waals surface area contributed by atoms with Gasteiger partial charge in [-0.15, -0.1) is 0 Å². The van der Waals surface area contributed by atoms with Crippen molar-refractivity contribution >= 4 is 23.9 Å². The molecule has 36 heavy (non-hydrogen) atoms. The van der Waals surface area contributed by atoms with E-state index in [0.717, 1.165) is 12.8 Å². The van der Waals surface area contributed by atoms with Gasteiger partial charge in [0, 0.05) is 35.8 Å². The molecule has 10 nitrogen and oxygen atoms in total. The third kappa shape index (κ3) is 28.8. The van der Waals surface area contributed by atoms with Gasteiger partial charge >= 0.3 is 23.9 Å². The van der Waals surface area contributed by atoms with Crippen LogP contribution >= 0.6 is 0 Å². The maximum absolute atomic E-state index is 10.7. The highest BCUT2D eigenvalue weighted by molar-refractivity contribution is 5.87. The van der Waals surface area contributed by atoms with Crippen molar-refractivity contribution < 1.29 is 48.0 Å². The number of carbonyl (C=O) groups is 4. The van der Waals surface area contributed by atoms with Gasteiger partial charge in [-0.2, -0.15) is 0 Å². The second kappa shape index (κ2) is 24.9. The van der Waals surface area contributed by atoms with Crippen LogP contribution in [0.15, 0.2) is 49.1 Å². The van der Waals surface area contributed by atoms with Crippen molar-refractivity contribution in [2.24, 2.45) is 0 Å². The highest BCUT2D eigenvalue weighted by atomic mass is 16.6. The van der Waals surface area contributed by atoms with Crippen LogP contribution in [0.5, 0.6) is 0 Å². The molecule has 0 bridgehead atoms. The molecular weight excluding hydrogens is 472 g/mol. The molecule has 0 amide bonds. The van der Waals surface area contributed by atoms with Gasteiger partial charge in [-0.05, 0) is 27.2 Å². The Morgan fingerprint density at radius 1 is 0.889 bits per heavy atom. The fourth-order valence-corrected chi connectivity index (χ4v) is 1.36. The minimum atomic E-state index is -0.395. The van der Waals surface area contributed by atoms with Crippen LogP contribution < -0.4 is 0 Å². The molecule has 1 heterocycles. The van der Waals surface area contributed by atoms with Crippen molar-refractivity contribution in [1.82, 2.24) is 0 Å². The van der Waals surface area contributed by atoms with E-state index in [4.69, 9.17) is 14.6 Å². The standard InChI is InChI=1S/C7H10O3.C7H12O3.C7H12O2.C5H8O2/c1-5(2)7(8)10-4-6-3-9-6;1-6(2)7(9)10-5-3-4-8;1-3-5-6-9-7(8)4-2;1-4(2)5(6)7-3/h6H,1,3-4H2,2H3;8H,1,3-5H2,2H3;4H,2-3,5-6H2,1H3;1H2,2-3H3. The Labute approximate surface area is 214 Å². The van der Waals surface area contributed by atoms with Gasteiger partial charge in [0.15, 0.2) is 0 Å². The van der Waals surface area contributed by atoms with Crippen LogP contribution in [0.1, 0.15) is 47.0 Å². The maximum atomic E-state index is 10.7. The highest BCUT2D eigenvalue weighted by Crippen LogP contribution is 2.09. The van der Waals surface area contributed by atoms with E-state index in [1.165, 1.54) is 13.2 Å². The topological polar surface area (TPSA) is 138 Å². The number of aliphatic hydroxyl groups is 1. The summed E-state index contributed by atoms with van der Waals surface area (Å²) in [7, 11) is 1.33. The van der Waals surface area contributed by atoms with E-state index in [-0.39, 0.29) is 37.2 Å². The minimum absolute atomic E-state index is 0.0451. The molecule has 206 valence electrons. The number of unbranched alkanes of at least 4 members (excludes halogenated alkanes) is 1. The predicted octanol–water partition coefficient (Wildman–Crippen LogP) is 3.24. The van der Waals surface area contributed by atoms with Gasteiger partial charge in [-0.3, -0.25) is 0 Å². The Morgan fingerprint density at radius 3 is 1.69 bits per heavy atom. The van der Waals surface area contributed by atoms with Crippen molar-refractivity contribution in [2.75, 3.05) is 40.1 Å². The lowest BCUT2D eigenvalue weighted by Crippen LogP contribution is -2.09. The second-order valence-corrected chi connectivity index (χ2v) is 7.32. The molecule has 1 rings (SSSR count). The van der Waals surface area contributed by atoms with Crippen molar-refractivity contribution in [1.29, 1.82) is 0 Å². The summed E-state index contributed by atoms with van der Waals surface area (Å²) >= 11 is 0. The van der Waals surface area contributed by atoms with Crippen LogP contribution in [0.25, 0.3) is 0 Å². The SMILES string of the molecule is C=C(C)C(=O)OC.C=C(C)C(=O)OCC1CO1.C=C(C)C(=O)OCCCO.C=CC(=O)OCCCC. The number of methoxy groups -OCH3 is 1. The molecule has 1 aliphatic rings. The molecule has 1 aliphatic heterocycles. The van der Waals surface area contributed by atoms with Crippen LogP contribution in [0.2, 0.25) is 0 Å². The summed E-state index contributed by atoms with van der Waals surface area (Å²) in [4.78, 5) is 41.8. The van der Waals surface area contributed by atoms with Crippen LogP contribution in [0.4, 0.5) is 0 Å². The van der Waals surface area contributed by atoms with Crippen molar-refractivity contribution in [3.8, 4) is 0 Å². The van der Waals surface area contributed by atoms with E-state index in [0.29, 0.717) is 43.0 Å². The van der Waals surface area contributed by atoms with Crippen molar-refractivity contribution in [2.45, 2.75) is 53.1 Å². The smallest absolute Gasteiger partial charge is 0.333 e. The zero-order valence-corrected chi connectivity index (χ0v) is 22.3. The third-order valence-electron chi connectivity index (χ3n) is 3.48. The van der Waals surface area contributed by atoms with Crippen LogP contribution in [0.3, 0.4) is 0 Å². The lowest BCUT2D eigenvalue weighted by atomic mass is 10.4. The fourth-order valence-electron chi connectivity index (χ4n) is 1.36. The van der Waals surface area contributed by atoms with Gasteiger partial charge in [0.1, 0.15) is 12.7 Å². The first-order valence-electron chi connectivity index (χ1n) is 11.3. The molecular formula is C26H42O10. The molecule has 1 unspecified atom stereocenters. The van der Waals surface area contributed by atoms with Gasteiger partial charge in [0.25, 0.3) is 0 Å². The lowest BCUT2D eigenvalue weighted by molar-refractivity contribution is -0.140. The van der Waals surface area contributed by atoms with Crippen LogP contribution in [-0.4, -0.2) is 75.2 Å². The number of hydrogen-bond donors (Lipinski definition) is 1. The number of carbonyl (C=O) groups excluding carboxylic acids is 4. The Kier molecular flexibility index (Phi) is 25.8. The molecule has 0 saturated carbocycles. The summed E-state index contributed by atoms with van der Waals surface area (Å²) in [6.45, 7) is 22.2. The Hall–Kier alpha value is -3.24. The number of ether oxygens (including phenoxy) is 5. The van der Waals surface area contributed by atoms with Gasteiger partial charge in [0.2, 0.25) is 0 Å². The molecule has 1 saturated heterocycles. The van der Waals surface area contributed by atoms with Crippen molar-refractivity contribution in [3.63, 3.8) is 0 Å². The zero-order valence-electron chi connectivity index (χ0n) is 22.3. The third-order valence-corrected chi connectivity index (χ3v) is 3.48. The molecule has 0 aromatic carbocycles. The summed E-state index contributed by atoms with van der Waals surface area (Å²) in [6.07, 6.45) is 3.78. The van der Waals surface area contributed by atoms with Crippen molar-refractivity contribution in [3.05, 3.63) is 49.1 Å². The largest absolute Gasteiger partial charge is 0.466 e. The monoisotopic (exact) mass is 514 g/mol. The summed E-state index contributed by atoms with van der Waals surface area (Å²) in [6, 6.07) is 0. The number of aliphatic hydroxyl groups excluding tert-OH is 1. The molecule has 0 aromatic heterocycles. The van der Waals surface area contributed by atoms with E-state index < -0.39 is 5.97 Å². The number of rotatable bonds is 12. The summed E-state index contributed by atoms with van der Waals surface area (Å²) in [5.74, 6) is -1.41. The van der Waals surface area contributed by atoms with Gasteiger partial charge in [0.05, 0.1) is 26.9 Å². The molecule has 0 aliphatic carbocycles. The normalized spacial score (nSPS) is 12.2. The molecule has 1 N–H and O–H groups in total. The maximum Gasteiger partial charge on any atom is 0.333 e. The fraction of sp³-hybridized carbons (Fsp3) is 0.538. The molecule has 0 spiro atoms. The summed E-state index contributed by atoms with van der Waals surface area (Å²) < 4.78 is 23.2. The van der Waals surface area contributed by atoms with E-state index >= 15 is 0 Å². The summed E-state index contributed by atoms with van der Waals surface area (Å²) in [5, 5.41) is 8.30. The number of esters is 4. The molecule has 1 atom stereocenters. The lowest BCUT2D eigenvalue weighted by Gasteiger charge is -2.00. The molecule has 10 heteroatoms. The second-order valence-electron chi connectivity index (χ2n) is 7.32. The van der Waals surface area contributed by atoms with Crippen LogP contribution in [-0.2, 0) is 42.9 Å². The minimum Gasteiger partial charge on any atom is -0.466 e. The van der Waals surface area contributed by atoms with Gasteiger partial charge in [-0.25, -0.2) is 19.2 Å². The first-order valence-corrected chi connectivity index (χ1v) is 11.3. The first-order chi connectivity index (χ1) is 16.9. The van der Waals surface area contributed by atoms with E-state index in [2.05, 4.69) is 40.5 Å². The summed E-state index contributed by atoms with van der Waals surface area (Å²) in [5.41, 5.74) is 1.25. The average Bonchev–Trinajstić information content (AvgIpc) is 3.67. The van der Waals surface area contributed by atoms with Crippen LogP contribution in [0, 0.1) is 0 Å². The number of epoxide rings is 1. The van der Waals surface area contributed by atoms with E-state index in [1.807, 2.05) is 6.92 Å². The van der Waals surface area contributed by atoms with E-state index in [1.54, 1.807) is 20.8 Å². The molecule has 0 aromatic rings. The zero-order chi connectivity index (χ0) is 28.5. The number of hydrogen-bond acceptors (Lipinski definition) is 10. The Bertz CT molecular complexity index is 720. The van der Waals surface area contributed by atoms with E-state index in [9.17, 15) is 19.2 Å². The van der Waals surface area contributed by atoms with Gasteiger partial charge in [-0.1, -0.05) is 39.7 Å².